The summed E-state index contributed by atoms with van der Waals surface area (Å²) in [6.07, 6.45) is 1.04. The molecule has 0 radical (unpaired) electrons. The Balaban J connectivity index is 2.10. The number of hydrogen-bond donors (Lipinski definition) is 1. The van der Waals surface area contributed by atoms with Crippen LogP contribution >= 0.6 is 0 Å². The summed E-state index contributed by atoms with van der Waals surface area (Å²) in [5, 5.41) is 2.85. The van der Waals surface area contributed by atoms with Gasteiger partial charge >= 0.3 is 0 Å². The summed E-state index contributed by atoms with van der Waals surface area (Å²) in [5.41, 5.74) is 1.25. The molecule has 1 atom stereocenters. The summed E-state index contributed by atoms with van der Waals surface area (Å²) in [7, 11) is 1.59. The molecule has 2 rings (SSSR count). The van der Waals surface area contributed by atoms with Gasteiger partial charge in [0.15, 0.2) is 0 Å². The van der Waals surface area contributed by atoms with Crippen LogP contribution in [-0.2, 0) is 0 Å². The molecule has 116 valence electrons. The van der Waals surface area contributed by atoms with Crippen molar-refractivity contribution >= 4 is 11.6 Å². The Morgan fingerprint density at radius 3 is 2.59 bits per heavy atom. The van der Waals surface area contributed by atoms with Crippen LogP contribution in [0.4, 0.5) is 5.69 Å². The van der Waals surface area contributed by atoms with Crippen molar-refractivity contribution in [1.82, 2.24) is 0 Å². The van der Waals surface area contributed by atoms with Gasteiger partial charge < -0.3 is 14.8 Å². The van der Waals surface area contributed by atoms with E-state index in [1.165, 1.54) is 0 Å². The Morgan fingerprint density at radius 2 is 1.86 bits per heavy atom. The molecule has 0 saturated carbocycles. The van der Waals surface area contributed by atoms with Gasteiger partial charge in [0.2, 0.25) is 0 Å². The quantitative estimate of drug-likeness (QED) is 0.872. The first kappa shape index (κ1) is 15.9. The van der Waals surface area contributed by atoms with E-state index in [0.29, 0.717) is 22.7 Å². The smallest absolute Gasteiger partial charge is 0.255 e. The van der Waals surface area contributed by atoms with Gasteiger partial charge in [0.05, 0.1) is 13.2 Å². The highest BCUT2D eigenvalue weighted by Crippen LogP contribution is 2.19. The minimum absolute atomic E-state index is 0.122. The average Bonchev–Trinajstić information content (AvgIpc) is 2.55. The molecule has 0 aliphatic rings. The maximum Gasteiger partial charge on any atom is 0.255 e. The van der Waals surface area contributed by atoms with E-state index in [2.05, 4.69) is 12.2 Å². The maximum atomic E-state index is 12.3. The van der Waals surface area contributed by atoms with Crippen molar-refractivity contribution < 1.29 is 14.3 Å². The number of methoxy groups -OCH3 is 1. The molecule has 0 aromatic heterocycles. The van der Waals surface area contributed by atoms with E-state index in [9.17, 15) is 4.79 Å². The van der Waals surface area contributed by atoms with Crippen LogP contribution in [0.25, 0.3) is 0 Å². The van der Waals surface area contributed by atoms with Gasteiger partial charge in [-0.25, -0.2) is 0 Å². The fourth-order valence-electron chi connectivity index (χ4n) is 1.93. The van der Waals surface area contributed by atoms with Gasteiger partial charge in [-0.1, -0.05) is 19.1 Å². The van der Waals surface area contributed by atoms with Crippen LogP contribution in [0.2, 0.25) is 0 Å². The van der Waals surface area contributed by atoms with Gasteiger partial charge in [-0.3, -0.25) is 4.79 Å². The Morgan fingerprint density at radius 1 is 1.14 bits per heavy atom. The molecule has 0 spiro atoms. The number of carbonyl (C=O) groups is 1. The molecule has 0 aliphatic carbocycles. The molecule has 0 fully saturated rings. The normalized spacial score (nSPS) is 11.6. The lowest BCUT2D eigenvalue weighted by Gasteiger charge is -2.13. The third-order valence-corrected chi connectivity index (χ3v) is 3.34. The predicted octanol–water partition coefficient (Wildman–Crippen LogP) is 4.12. The number of nitrogens with one attached hydrogen (secondary N) is 1. The van der Waals surface area contributed by atoms with Crippen LogP contribution < -0.4 is 14.8 Å². The molecule has 1 unspecified atom stereocenters. The molecule has 0 aliphatic heterocycles. The SMILES string of the molecule is CCC(C)Oc1cccc(C(=O)Nc2cccc(OC)c2)c1. The van der Waals surface area contributed by atoms with Crippen molar-refractivity contribution in [2.24, 2.45) is 0 Å². The third kappa shape index (κ3) is 4.25. The number of amides is 1. The van der Waals surface area contributed by atoms with Gasteiger partial charge in [0, 0.05) is 17.3 Å². The van der Waals surface area contributed by atoms with Gasteiger partial charge in [-0.2, -0.15) is 0 Å². The zero-order valence-corrected chi connectivity index (χ0v) is 13.1. The van der Waals surface area contributed by atoms with Crippen molar-refractivity contribution in [3.05, 3.63) is 54.1 Å². The van der Waals surface area contributed by atoms with E-state index in [4.69, 9.17) is 9.47 Å². The molecule has 1 N–H and O–H groups in total. The summed E-state index contributed by atoms with van der Waals surface area (Å²) in [5.74, 6) is 1.22. The monoisotopic (exact) mass is 299 g/mol. The van der Waals surface area contributed by atoms with Crippen LogP contribution in [0.5, 0.6) is 11.5 Å². The average molecular weight is 299 g/mol. The predicted molar refractivity (Wildman–Crippen MR) is 87.8 cm³/mol. The van der Waals surface area contributed by atoms with Crippen molar-refractivity contribution in [2.75, 3.05) is 12.4 Å². The number of anilines is 1. The van der Waals surface area contributed by atoms with E-state index < -0.39 is 0 Å². The summed E-state index contributed by atoms with van der Waals surface area (Å²) < 4.78 is 10.9. The van der Waals surface area contributed by atoms with Crippen molar-refractivity contribution in [3.63, 3.8) is 0 Å². The Kier molecular flexibility index (Phi) is 5.42. The van der Waals surface area contributed by atoms with Crippen LogP contribution in [0.15, 0.2) is 48.5 Å². The molecular formula is C18H21NO3. The Labute approximate surface area is 131 Å². The van der Waals surface area contributed by atoms with Gasteiger partial charge in [0.1, 0.15) is 11.5 Å². The number of hydrogen-bond acceptors (Lipinski definition) is 3. The lowest BCUT2D eigenvalue weighted by atomic mass is 10.2. The number of benzene rings is 2. The second-order valence-corrected chi connectivity index (χ2v) is 5.05. The highest BCUT2D eigenvalue weighted by molar-refractivity contribution is 6.04. The van der Waals surface area contributed by atoms with E-state index in [0.717, 1.165) is 6.42 Å². The largest absolute Gasteiger partial charge is 0.497 e. The standard InChI is InChI=1S/C18H21NO3/c1-4-13(2)22-17-10-5-7-14(11-17)18(20)19-15-8-6-9-16(12-15)21-3/h5-13H,4H2,1-3H3,(H,19,20). The van der Waals surface area contributed by atoms with Crippen LogP contribution in [-0.4, -0.2) is 19.1 Å². The molecule has 0 saturated heterocycles. The van der Waals surface area contributed by atoms with E-state index in [-0.39, 0.29) is 12.0 Å². The highest BCUT2D eigenvalue weighted by Gasteiger charge is 2.09. The van der Waals surface area contributed by atoms with E-state index >= 15 is 0 Å². The Bertz CT molecular complexity index is 640. The van der Waals surface area contributed by atoms with Crippen molar-refractivity contribution in [3.8, 4) is 11.5 Å². The van der Waals surface area contributed by atoms with Gasteiger partial charge in [0.25, 0.3) is 5.91 Å². The summed E-state index contributed by atoms with van der Waals surface area (Å²) in [4.78, 5) is 12.3. The van der Waals surface area contributed by atoms with Crippen molar-refractivity contribution in [2.45, 2.75) is 26.4 Å². The fraction of sp³-hybridized carbons (Fsp3) is 0.278. The molecule has 2 aromatic rings. The zero-order valence-electron chi connectivity index (χ0n) is 13.1. The maximum absolute atomic E-state index is 12.3. The molecule has 4 heteroatoms. The lowest BCUT2D eigenvalue weighted by molar-refractivity contribution is 0.102. The van der Waals surface area contributed by atoms with Gasteiger partial charge in [-0.15, -0.1) is 0 Å². The van der Waals surface area contributed by atoms with E-state index in [1.54, 1.807) is 25.3 Å². The number of rotatable bonds is 6. The summed E-state index contributed by atoms with van der Waals surface area (Å²) >= 11 is 0. The van der Waals surface area contributed by atoms with Gasteiger partial charge in [-0.05, 0) is 43.7 Å². The topological polar surface area (TPSA) is 47.6 Å². The number of ether oxygens (including phenoxy) is 2. The summed E-state index contributed by atoms with van der Waals surface area (Å²) in [6, 6.07) is 14.4. The zero-order chi connectivity index (χ0) is 15.9. The minimum atomic E-state index is -0.178. The van der Waals surface area contributed by atoms with Crippen LogP contribution in [0.3, 0.4) is 0 Å². The second-order valence-electron chi connectivity index (χ2n) is 5.05. The molecule has 2 aromatic carbocycles. The molecular weight excluding hydrogens is 278 g/mol. The highest BCUT2D eigenvalue weighted by atomic mass is 16.5. The fourth-order valence-corrected chi connectivity index (χ4v) is 1.93. The molecule has 1 amide bonds. The minimum Gasteiger partial charge on any atom is -0.497 e. The second kappa shape index (κ2) is 7.50. The third-order valence-electron chi connectivity index (χ3n) is 3.34. The van der Waals surface area contributed by atoms with Crippen LogP contribution in [0, 0.1) is 0 Å². The summed E-state index contributed by atoms with van der Waals surface area (Å²) in [6.45, 7) is 4.06. The first-order valence-electron chi connectivity index (χ1n) is 7.34. The number of carbonyl (C=O) groups excluding carboxylic acids is 1. The van der Waals surface area contributed by atoms with Crippen molar-refractivity contribution in [1.29, 1.82) is 0 Å². The molecule has 0 bridgehead atoms. The first-order valence-corrected chi connectivity index (χ1v) is 7.34. The first-order chi connectivity index (χ1) is 10.6. The molecule has 22 heavy (non-hydrogen) atoms. The lowest BCUT2D eigenvalue weighted by Crippen LogP contribution is -2.13. The van der Waals surface area contributed by atoms with E-state index in [1.807, 2.05) is 37.3 Å². The van der Waals surface area contributed by atoms with Crippen LogP contribution in [0.1, 0.15) is 30.6 Å². The molecule has 0 heterocycles. The molecule has 4 nitrogen and oxygen atoms in total. The Hall–Kier alpha value is -2.49.